The summed E-state index contributed by atoms with van der Waals surface area (Å²) in [6.07, 6.45) is -0.289. The van der Waals surface area contributed by atoms with Crippen molar-refractivity contribution >= 4 is 102 Å². The number of hydrogen-bond donors (Lipinski definition) is 5. The second-order valence-electron chi connectivity index (χ2n) is 15.0. The number of methoxy groups -OCH3 is 3. The van der Waals surface area contributed by atoms with E-state index in [2.05, 4.69) is 21.3 Å². The number of phenolic OH excluding ortho intramolecular Hbond substituents is 1. The van der Waals surface area contributed by atoms with Crippen molar-refractivity contribution in [2.24, 2.45) is 0 Å². The summed E-state index contributed by atoms with van der Waals surface area (Å²) in [7, 11) is 3.98. The first-order chi connectivity index (χ1) is 30.1. The van der Waals surface area contributed by atoms with E-state index in [-0.39, 0.29) is 96.4 Å². The summed E-state index contributed by atoms with van der Waals surface area (Å²) in [6, 6.07) is 2.64. The number of carbonyl (C=O) groups is 7. The molecule has 0 saturated carbocycles. The first kappa shape index (κ1) is 41.8. The molecule has 0 bridgehead atoms. The maximum absolute atomic E-state index is 14.9. The van der Waals surface area contributed by atoms with E-state index in [0.29, 0.717) is 11.0 Å². The van der Waals surface area contributed by atoms with E-state index in [4.69, 9.17) is 23.7 Å². The summed E-state index contributed by atoms with van der Waals surface area (Å²) in [4.78, 5) is 118. The van der Waals surface area contributed by atoms with Gasteiger partial charge in [-0.1, -0.05) is 11.6 Å². The number of fused-ring (bicyclic) bond motifs is 1. The summed E-state index contributed by atoms with van der Waals surface area (Å²) < 4.78 is 28.4. The van der Waals surface area contributed by atoms with Crippen molar-refractivity contribution in [3.05, 3.63) is 49.3 Å². The Kier molecular flexibility index (Phi) is 10.5. The number of nitrogens with one attached hydrogen (secondary N) is 4. The van der Waals surface area contributed by atoms with Crippen LogP contribution in [-0.2, 0) is 33.4 Å². The van der Waals surface area contributed by atoms with Gasteiger partial charge in [0, 0.05) is 56.7 Å². The third kappa shape index (κ3) is 6.77. The highest BCUT2D eigenvalue weighted by atomic mass is 16.6. The smallest absolute Gasteiger partial charge is 0.412 e. The zero-order valence-corrected chi connectivity index (χ0v) is 34.3. The number of allylic oxidation sites excluding steroid dienone is 1. The Morgan fingerprint density at radius 2 is 1.27 bits per heavy atom. The van der Waals surface area contributed by atoms with Gasteiger partial charge >= 0.3 is 12.2 Å². The Morgan fingerprint density at radius 3 is 1.83 bits per heavy atom. The van der Waals surface area contributed by atoms with Gasteiger partial charge in [-0.05, 0) is 19.2 Å². The van der Waals surface area contributed by atoms with E-state index >= 15 is 0 Å². The number of anilines is 2. The van der Waals surface area contributed by atoms with Crippen LogP contribution in [0.2, 0.25) is 0 Å². The molecule has 0 spiro atoms. The highest BCUT2D eigenvalue weighted by Crippen LogP contribution is 2.56. The van der Waals surface area contributed by atoms with Gasteiger partial charge in [0.05, 0.1) is 49.4 Å². The van der Waals surface area contributed by atoms with Crippen molar-refractivity contribution in [3.63, 3.8) is 0 Å². The molecular weight excluding hydrogens is 828 g/mol. The average molecular weight is 867 g/mol. The van der Waals surface area contributed by atoms with Gasteiger partial charge in [-0.3, -0.25) is 54.0 Å². The Bertz CT molecular complexity index is 3010. The minimum Gasteiger partial charge on any atom is -0.505 e. The molecule has 3 aliphatic rings. The van der Waals surface area contributed by atoms with Crippen LogP contribution in [0.15, 0.2) is 27.3 Å². The predicted octanol–water partition coefficient (Wildman–Crippen LogP) is 1.69. The van der Waals surface area contributed by atoms with Crippen LogP contribution in [0.4, 0.5) is 21.0 Å². The molecule has 1 unspecified atom stereocenters. The number of hydrogen-bond acceptors (Lipinski definition) is 17. The zero-order chi connectivity index (χ0) is 45.2. The van der Waals surface area contributed by atoms with Gasteiger partial charge < -0.3 is 39.4 Å². The second kappa shape index (κ2) is 15.8. The van der Waals surface area contributed by atoms with Gasteiger partial charge in [0.15, 0.2) is 23.7 Å². The molecule has 5 aromatic carbocycles. The van der Waals surface area contributed by atoms with Gasteiger partial charge in [0.25, 0.3) is 0 Å². The van der Waals surface area contributed by atoms with Gasteiger partial charge in [0.2, 0.25) is 29.1 Å². The largest absolute Gasteiger partial charge is 0.505 e. The average Bonchev–Trinajstić information content (AvgIpc) is 3.36. The molecule has 5 N–H and O–H groups in total. The van der Waals surface area contributed by atoms with E-state index in [1.807, 2.05) is 0 Å². The van der Waals surface area contributed by atoms with Crippen molar-refractivity contribution in [3.8, 4) is 23.0 Å². The van der Waals surface area contributed by atoms with Crippen molar-refractivity contribution in [2.75, 3.05) is 78.0 Å². The molecule has 5 aromatic rings. The Balaban J connectivity index is 1.36. The Hall–Kier alpha value is -7.97. The molecule has 1 atom stereocenters. The summed E-state index contributed by atoms with van der Waals surface area (Å²) in [5.41, 5.74) is -0.365. The van der Waals surface area contributed by atoms with Crippen molar-refractivity contribution in [1.82, 2.24) is 20.4 Å². The standard InChI is InChI=1S/C42H38N6O15/c1-16-8-18-28-33-30(38(55)37(18)43-6-7-62-41(57)47-11-23(51)45-24(52)12-47)20(50)10-22(60-4)32(33)31-21(59-3)9-19(44-15-63-42(58)48-13-25(53)46-26(54)14-48)29-35(31)34(28)36(27(16)17(2)49)40(61-5)39(29)56/h8-10,27,43-44,55H,6-7,11-15H2,1-5H3,(H,45,51,52)(H,46,53,54). The van der Waals surface area contributed by atoms with Crippen LogP contribution in [0.3, 0.4) is 0 Å². The number of ether oxygens (including phenoxy) is 5. The van der Waals surface area contributed by atoms with Crippen LogP contribution in [-0.4, -0.2) is 124 Å². The van der Waals surface area contributed by atoms with Gasteiger partial charge in [0.1, 0.15) is 50.1 Å². The monoisotopic (exact) mass is 866 g/mol. The number of amides is 6. The van der Waals surface area contributed by atoms with Gasteiger partial charge in [-0.15, -0.1) is 0 Å². The fraction of sp³-hybridized carbons (Fsp3) is 0.310. The first-order valence-electron chi connectivity index (χ1n) is 19.3. The molecule has 0 radical (unpaired) electrons. The predicted molar refractivity (Wildman–Crippen MR) is 224 cm³/mol. The van der Waals surface area contributed by atoms with E-state index < -0.39 is 91.3 Å². The molecule has 63 heavy (non-hydrogen) atoms. The highest BCUT2D eigenvalue weighted by Gasteiger charge is 2.38. The van der Waals surface area contributed by atoms with E-state index in [0.717, 1.165) is 9.80 Å². The quantitative estimate of drug-likeness (QED) is 0.0316. The number of nitrogens with zero attached hydrogens (tertiary/aromatic N) is 2. The summed E-state index contributed by atoms with van der Waals surface area (Å²) in [5.74, 6) is -4.73. The van der Waals surface area contributed by atoms with Crippen molar-refractivity contribution in [1.29, 1.82) is 0 Å². The molecule has 1 aliphatic carbocycles. The second-order valence-corrected chi connectivity index (χ2v) is 15.0. The molecule has 6 amide bonds. The summed E-state index contributed by atoms with van der Waals surface area (Å²) >= 11 is 0. The molecule has 326 valence electrons. The fourth-order valence-corrected chi connectivity index (χ4v) is 8.81. The normalized spacial score (nSPS) is 16.3. The molecule has 2 heterocycles. The maximum Gasteiger partial charge on any atom is 0.412 e. The molecule has 0 aromatic heterocycles. The van der Waals surface area contributed by atoms with Crippen LogP contribution < -0.4 is 46.3 Å². The van der Waals surface area contributed by atoms with E-state index in [1.54, 1.807) is 13.0 Å². The van der Waals surface area contributed by atoms with Crippen LogP contribution in [0, 0.1) is 0 Å². The van der Waals surface area contributed by atoms with Crippen molar-refractivity contribution in [2.45, 2.75) is 19.8 Å². The first-order valence-corrected chi connectivity index (χ1v) is 19.3. The Morgan fingerprint density at radius 1 is 0.714 bits per heavy atom. The number of carbonyl (C=O) groups excluding carboxylic acids is 7. The number of benzene rings is 5. The van der Waals surface area contributed by atoms with E-state index in [9.17, 15) is 48.3 Å². The summed E-state index contributed by atoms with van der Waals surface area (Å²) in [6.45, 7) is 0.323. The number of imide groups is 2. The number of ketones is 1. The molecule has 2 aliphatic heterocycles. The number of aromatic hydroxyl groups is 1. The zero-order valence-electron chi connectivity index (χ0n) is 34.3. The third-order valence-corrected chi connectivity index (χ3v) is 11.2. The highest BCUT2D eigenvalue weighted by molar-refractivity contribution is 6.40. The topological polar surface area (TPSA) is 275 Å². The lowest BCUT2D eigenvalue weighted by Gasteiger charge is -2.26. The van der Waals surface area contributed by atoms with Crippen LogP contribution in [0.25, 0.3) is 49.2 Å². The van der Waals surface area contributed by atoms with Crippen LogP contribution in [0.5, 0.6) is 23.0 Å². The van der Waals surface area contributed by atoms with Crippen molar-refractivity contribution < 1.29 is 62.4 Å². The van der Waals surface area contributed by atoms with Crippen LogP contribution >= 0.6 is 0 Å². The summed E-state index contributed by atoms with van der Waals surface area (Å²) in [5, 5.41) is 23.7. The molecule has 8 rings (SSSR count). The lowest BCUT2D eigenvalue weighted by atomic mass is 9.80. The molecule has 21 nitrogen and oxygen atoms in total. The Labute approximate surface area is 354 Å². The minimum absolute atomic E-state index is 0.00333. The number of Topliss-reactive ketones (excluding diaryl/α,β-unsaturated/α-hetero) is 1. The molecule has 2 saturated heterocycles. The number of rotatable bonds is 11. The van der Waals surface area contributed by atoms with Gasteiger partial charge in [-0.25, -0.2) is 9.59 Å². The van der Waals surface area contributed by atoms with Gasteiger partial charge in [-0.2, -0.15) is 0 Å². The molecular formula is C42H38N6O15. The minimum atomic E-state index is -1.10. The fourth-order valence-electron chi connectivity index (χ4n) is 8.81. The lowest BCUT2D eigenvalue weighted by molar-refractivity contribution is -0.136. The SMILES string of the molecule is COc1c2c3c4c(c(NCCOC(=O)N5CC(=O)NC(=O)C5)c(O)c5c(=O)cc(OC)c(c6c(OC)cc(NCOC(=O)N7CC(=O)NC(=O)C7)c(c1=O)c63)c54)C=C(C)C2C(C)=O. The molecule has 21 heteroatoms. The van der Waals surface area contributed by atoms with Crippen LogP contribution in [0.1, 0.15) is 30.9 Å². The third-order valence-electron chi connectivity index (χ3n) is 11.2. The van der Waals surface area contributed by atoms with E-state index in [1.165, 1.54) is 40.4 Å². The lowest BCUT2D eigenvalue weighted by Crippen LogP contribution is -2.53. The maximum atomic E-state index is 14.9. The number of piperazine rings is 2. The number of phenols is 1. The molecule has 2 fully saturated rings.